The predicted octanol–water partition coefficient (Wildman–Crippen LogP) is 2.02. The molecule has 2 aromatic heterocycles. The number of halogens is 1. The van der Waals surface area contributed by atoms with E-state index in [1.165, 1.54) is 0 Å². The number of methoxy groups -OCH3 is 1. The van der Waals surface area contributed by atoms with Gasteiger partial charge in [-0.2, -0.15) is 0 Å². The van der Waals surface area contributed by atoms with Crippen LogP contribution in [0.4, 0.5) is 0 Å². The molecule has 17 heavy (non-hydrogen) atoms. The van der Waals surface area contributed by atoms with Gasteiger partial charge in [0.05, 0.1) is 0 Å². The SMILES string of the molecule is CCc1nccn1-c1cc(Cl)nc(COC)n1. The minimum atomic E-state index is 0.337. The van der Waals surface area contributed by atoms with Crippen molar-refractivity contribution in [2.45, 2.75) is 20.0 Å². The Hall–Kier alpha value is -1.46. The third-order valence-electron chi connectivity index (χ3n) is 2.28. The summed E-state index contributed by atoms with van der Waals surface area (Å²) in [6, 6.07) is 1.71. The molecule has 0 N–H and O–H groups in total. The summed E-state index contributed by atoms with van der Waals surface area (Å²) in [5, 5.41) is 0.401. The van der Waals surface area contributed by atoms with Crippen molar-refractivity contribution in [2.24, 2.45) is 0 Å². The van der Waals surface area contributed by atoms with E-state index in [9.17, 15) is 0 Å². The number of imidazole rings is 1. The van der Waals surface area contributed by atoms with Gasteiger partial charge in [0.25, 0.3) is 0 Å². The van der Waals surface area contributed by atoms with Crippen molar-refractivity contribution in [3.8, 4) is 5.82 Å². The minimum absolute atomic E-state index is 0.337. The topological polar surface area (TPSA) is 52.8 Å². The molecule has 5 nitrogen and oxygen atoms in total. The Bertz CT molecular complexity index is 512. The van der Waals surface area contributed by atoms with Crippen molar-refractivity contribution in [3.05, 3.63) is 35.3 Å². The van der Waals surface area contributed by atoms with Crippen molar-refractivity contribution in [3.63, 3.8) is 0 Å². The molecule has 0 aliphatic rings. The van der Waals surface area contributed by atoms with Crippen molar-refractivity contribution in [2.75, 3.05) is 7.11 Å². The van der Waals surface area contributed by atoms with Crippen LogP contribution >= 0.6 is 11.6 Å². The lowest BCUT2D eigenvalue weighted by molar-refractivity contribution is 0.177. The van der Waals surface area contributed by atoms with Crippen LogP contribution in [0.5, 0.6) is 0 Å². The molecule has 0 saturated heterocycles. The molecular formula is C11H13ClN4O. The van der Waals surface area contributed by atoms with Gasteiger partial charge >= 0.3 is 0 Å². The van der Waals surface area contributed by atoms with E-state index in [2.05, 4.69) is 15.0 Å². The monoisotopic (exact) mass is 252 g/mol. The zero-order valence-corrected chi connectivity index (χ0v) is 10.5. The molecule has 0 fully saturated rings. The van der Waals surface area contributed by atoms with Gasteiger partial charge in [0.1, 0.15) is 23.4 Å². The van der Waals surface area contributed by atoms with Crippen LogP contribution in [0.1, 0.15) is 18.6 Å². The first-order valence-corrected chi connectivity index (χ1v) is 5.67. The summed E-state index contributed by atoms with van der Waals surface area (Å²) in [5.74, 6) is 2.21. The maximum atomic E-state index is 5.96. The number of aryl methyl sites for hydroxylation is 1. The maximum absolute atomic E-state index is 5.96. The van der Waals surface area contributed by atoms with Gasteiger partial charge in [-0.05, 0) is 0 Å². The van der Waals surface area contributed by atoms with E-state index >= 15 is 0 Å². The fourth-order valence-corrected chi connectivity index (χ4v) is 1.77. The average Bonchev–Trinajstić information content (AvgIpc) is 2.76. The van der Waals surface area contributed by atoms with Crippen LogP contribution in [0.3, 0.4) is 0 Å². The first-order valence-electron chi connectivity index (χ1n) is 5.29. The third-order valence-corrected chi connectivity index (χ3v) is 2.48. The van der Waals surface area contributed by atoms with Gasteiger partial charge in [0.2, 0.25) is 0 Å². The van der Waals surface area contributed by atoms with Gasteiger partial charge in [-0.1, -0.05) is 18.5 Å². The number of nitrogens with zero attached hydrogens (tertiary/aromatic N) is 4. The van der Waals surface area contributed by atoms with Crippen molar-refractivity contribution < 1.29 is 4.74 Å². The lowest BCUT2D eigenvalue weighted by Gasteiger charge is -2.07. The van der Waals surface area contributed by atoms with E-state index in [0.717, 1.165) is 12.2 Å². The molecule has 0 spiro atoms. The molecule has 0 atom stereocenters. The molecule has 0 amide bonds. The Labute approximate surface area is 104 Å². The third kappa shape index (κ3) is 2.62. The van der Waals surface area contributed by atoms with E-state index in [-0.39, 0.29) is 0 Å². The van der Waals surface area contributed by atoms with Crippen molar-refractivity contribution in [1.82, 2.24) is 19.5 Å². The number of ether oxygens (including phenoxy) is 1. The minimum Gasteiger partial charge on any atom is -0.377 e. The highest BCUT2D eigenvalue weighted by Crippen LogP contribution is 2.14. The first-order chi connectivity index (χ1) is 8.24. The van der Waals surface area contributed by atoms with E-state index in [1.807, 2.05) is 17.7 Å². The number of aromatic nitrogens is 4. The highest BCUT2D eigenvalue weighted by Gasteiger charge is 2.08. The van der Waals surface area contributed by atoms with Crippen LogP contribution < -0.4 is 0 Å². The predicted molar refractivity (Wildman–Crippen MR) is 64.3 cm³/mol. The van der Waals surface area contributed by atoms with Gasteiger partial charge in [-0.25, -0.2) is 15.0 Å². The summed E-state index contributed by atoms with van der Waals surface area (Å²) < 4.78 is 6.90. The number of hydrogen-bond donors (Lipinski definition) is 0. The lowest BCUT2D eigenvalue weighted by Crippen LogP contribution is -2.06. The van der Waals surface area contributed by atoms with E-state index in [0.29, 0.717) is 23.4 Å². The normalized spacial score (nSPS) is 10.8. The highest BCUT2D eigenvalue weighted by atomic mass is 35.5. The second-order valence-corrected chi connectivity index (χ2v) is 3.85. The van der Waals surface area contributed by atoms with E-state index in [1.54, 1.807) is 19.4 Å². The molecule has 0 bridgehead atoms. The quantitative estimate of drug-likeness (QED) is 0.782. The van der Waals surface area contributed by atoms with Crippen molar-refractivity contribution in [1.29, 1.82) is 0 Å². The summed E-state index contributed by atoms with van der Waals surface area (Å²) in [6.45, 7) is 2.38. The molecule has 0 unspecified atom stereocenters. The molecule has 0 aliphatic carbocycles. The van der Waals surface area contributed by atoms with Gasteiger partial charge in [-0.15, -0.1) is 0 Å². The maximum Gasteiger partial charge on any atom is 0.158 e. The zero-order valence-electron chi connectivity index (χ0n) is 9.72. The summed E-state index contributed by atoms with van der Waals surface area (Å²) in [4.78, 5) is 12.7. The van der Waals surface area contributed by atoms with Gasteiger partial charge in [0.15, 0.2) is 5.82 Å². The molecule has 90 valence electrons. The molecule has 0 radical (unpaired) electrons. The van der Waals surface area contributed by atoms with Crippen LogP contribution in [0.15, 0.2) is 18.5 Å². The van der Waals surface area contributed by atoms with Crippen LogP contribution in [-0.4, -0.2) is 26.6 Å². The Balaban J connectivity index is 2.44. The number of rotatable bonds is 4. The summed E-state index contributed by atoms with van der Waals surface area (Å²) in [5.41, 5.74) is 0. The highest BCUT2D eigenvalue weighted by molar-refractivity contribution is 6.29. The van der Waals surface area contributed by atoms with Crippen LogP contribution in [0.2, 0.25) is 5.15 Å². The van der Waals surface area contributed by atoms with Gasteiger partial charge in [-0.3, -0.25) is 4.57 Å². The first kappa shape index (κ1) is 12.0. The Morgan fingerprint density at radius 3 is 2.94 bits per heavy atom. The second kappa shape index (κ2) is 5.25. The van der Waals surface area contributed by atoms with Crippen LogP contribution in [-0.2, 0) is 17.8 Å². The molecule has 0 aliphatic heterocycles. The van der Waals surface area contributed by atoms with Gasteiger partial charge < -0.3 is 4.74 Å². The summed E-state index contributed by atoms with van der Waals surface area (Å²) in [6.07, 6.45) is 4.42. The Kier molecular flexibility index (Phi) is 3.71. The largest absolute Gasteiger partial charge is 0.377 e. The molecular weight excluding hydrogens is 240 g/mol. The Morgan fingerprint density at radius 1 is 1.41 bits per heavy atom. The molecule has 6 heteroatoms. The molecule has 0 saturated carbocycles. The average molecular weight is 253 g/mol. The fraction of sp³-hybridized carbons (Fsp3) is 0.364. The van der Waals surface area contributed by atoms with Gasteiger partial charge in [0, 0.05) is 32.0 Å². The summed E-state index contributed by atoms with van der Waals surface area (Å²) >= 11 is 5.96. The lowest BCUT2D eigenvalue weighted by atomic mass is 10.4. The van der Waals surface area contributed by atoms with E-state index < -0.39 is 0 Å². The standard InChI is InChI=1S/C11H13ClN4O/c1-3-10-13-4-5-16(10)11-6-8(12)14-9(15-11)7-17-2/h4-6H,3,7H2,1-2H3. The number of hydrogen-bond acceptors (Lipinski definition) is 4. The summed E-state index contributed by atoms with van der Waals surface area (Å²) in [7, 11) is 1.60. The van der Waals surface area contributed by atoms with Crippen LogP contribution in [0.25, 0.3) is 5.82 Å². The molecule has 0 aromatic carbocycles. The van der Waals surface area contributed by atoms with Crippen LogP contribution in [0, 0.1) is 0 Å². The fourth-order valence-electron chi connectivity index (χ4n) is 1.57. The zero-order chi connectivity index (χ0) is 12.3. The molecule has 2 aromatic rings. The van der Waals surface area contributed by atoms with Crippen molar-refractivity contribution >= 4 is 11.6 Å². The molecule has 2 heterocycles. The smallest absolute Gasteiger partial charge is 0.158 e. The molecule has 2 rings (SSSR count). The van der Waals surface area contributed by atoms with E-state index in [4.69, 9.17) is 16.3 Å². The second-order valence-electron chi connectivity index (χ2n) is 3.47. The Morgan fingerprint density at radius 2 is 2.24 bits per heavy atom.